The minimum Gasteiger partial charge on any atom is -0.219 e. The average molecular weight is 328 g/mol. The number of aryl methyl sites for hydroxylation is 1. The number of hydrogen-bond donors (Lipinski definition) is 0. The predicted octanol–water partition coefficient (Wildman–Crippen LogP) is 4.76. The molecule has 0 saturated carbocycles. The molecule has 0 heterocycles. The fourth-order valence-corrected chi connectivity index (χ4v) is 4.08. The van der Waals surface area contributed by atoms with Gasteiger partial charge in [0.1, 0.15) is 5.82 Å². The molecule has 0 aliphatic heterocycles. The molecule has 3 aromatic rings. The van der Waals surface area contributed by atoms with E-state index in [9.17, 15) is 12.8 Å². The number of rotatable bonds is 4. The summed E-state index contributed by atoms with van der Waals surface area (Å²) in [4.78, 5) is 0.158. The van der Waals surface area contributed by atoms with Crippen LogP contribution in [0.5, 0.6) is 0 Å². The van der Waals surface area contributed by atoms with Gasteiger partial charge in [-0.25, -0.2) is 12.8 Å². The third kappa shape index (κ3) is 2.99. The van der Waals surface area contributed by atoms with Gasteiger partial charge in [0, 0.05) is 0 Å². The summed E-state index contributed by atoms with van der Waals surface area (Å²) in [5.74, 6) is -0.558. The molecule has 0 atom stereocenters. The summed E-state index contributed by atoms with van der Waals surface area (Å²) in [5, 5.41) is 1.95. The molecule has 0 aliphatic rings. The van der Waals surface area contributed by atoms with Gasteiger partial charge in [-0.05, 0) is 53.1 Å². The summed E-state index contributed by atoms with van der Waals surface area (Å²) in [6, 6.07) is 16.1. The van der Waals surface area contributed by atoms with Gasteiger partial charge in [-0.15, -0.1) is 0 Å². The molecular formula is C19H17FO2S. The molecule has 0 unspecified atom stereocenters. The summed E-state index contributed by atoms with van der Waals surface area (Å²) < 4.78 is 38.7. The first kappa shape index (κ1) is 15.7. The van der Waals surface area contributed by atoms with Crippen LogP contribution in [-0.2, 0) is 16.3 Å². The Balaban J connectivity index is 2.14. The van der Waals surface area contributed by atoms with E-state index in [2.05, 4.69) is 13.0 Å². The Morgan fingerprint density at radius 2 is 1.65 bits per heavy atom. The van der Waals surface area contributed by atoms with Gasteiger partial charge >= 0.3 is 0 Å². The molecule has 0 bridgehead atoms. The van der Waals surface area contributed by atoms with Crippen LogP contribution in [0.1, 0.15) is 18.9 Å². The van der Waals surface area contributed by atoms with Crippen LogP contribution in [0.25, 0.3) is 10.8 Å². The molecule has 3 rings (SSSR count). The Hall–Kier alpha value is -2.20. The van der Waals surface area contributed by atoms with Gasteiger partial charge in [-0.1, -0.05) is 43.7 Å². The molecule has 0 aromatic heterocycles. The molecule has 118 valence electrons. The molecule has 0 fully saturated rings. The van der Waals surface area contributed by atoms with Gasteiger partial charge in [-0.3, -0.25) is 0 Å². The lowest BCUT2D eigenvalue weighted by atomic mass is 10.0. The summed E-state index contributed by atoms with van der Waals surface area (Å²) in [6.07, 6.45) is 1.98. The van der Waals surface area contributed by atoms with Crippen LogP contribution in [0.2, 0.25) is 0 Å². The molecule has 0 N–H and O–H groups in total. The Bertz CT molecular complexity index is 962. The van der Waals surface area contributed by atoms with E-state index in [0.717, 1.165) is 29.7 Å². The van der Waals surface area contributed by atoms with Crippen molar-refractivity contribution in [3.63, 3.8) is 0 Å². The Morgan fingerprint density at radius 1 is 0.913 bits per heavy atom. The van der Waals surface area contributed by atoms with Crippen LogP contribution in [0, 0.1) is 5.82 Å². The number of hydrogen-bond acceptors (Lipinski definition) is 2. The van der Waals surface area contributed by atoms with Crippen molar-refractivity contribution in [3.05, 3.63) is 72.0 Å². The van der Waals surface area contributed by atoms with Crippen LogP contribution < -0.4 is 0 Å². The Morgan fingerprint density at radius 3 is 2.39 bits per heavy atom. The highest BCUT2D eigenvalue weighted by molar-refractivity contribution is 7.91. The Labute approximate surface area is 135 Å². The molecule has 0 radical (unpaired) electrons. The maximum Gasteiger partial charge on any atom is 0.206 e. The van der Waals surface area contributed by atoms with Crippen molar-refractivity contribution >= 4 is 20.6 Å². The summed E-state index contributed by atoms with van der Waals surface area (Å²) >= 11 is 0. The number of fused-ring (bicyclic) bond motifs is 1. The zero-order valence-corrected chi connectivity index (χ0v) is 13.6. The number of sulfone groups is 1. The van der Waals surface area contributed by atoms with Gasteiger partial charge < -0.3 is 0 Å². The lowest BCUT2D eigenvalue weighted by Crippen LogP contribution is -2.02. The standard InChI is InChI=1S/C19H17FO2S/c1-2-5-14-6-3-7-15-12-18(10-11-19(14)15)23(21,22)17-9-4-8-16(20)13-17/h3-4,6-13H,2,5H2,1H3. The minimum absolute atomic E-state index is 0.0263. The zero-order chi connectivity index (χ0) is 16.4. The largest absolute Gasteiger partial charge is 0.219 e. The topological polar surface area (TPSA) is 34.1 Å². The maximum absolute atomic E-state index is 13.3. The molecule has 0 aliphatic carbocycles. The van der Waals surface area contributed by atoms with Crippen LogP contribution in [-0.4, -0.2) is 8.42 Å². The average Bonchev–Trinajstić information content (AvgIpc) is 2.55. The molecule has 23 heavy (non-hydrogen) atoms. The fraction of sp³-hybridized carbons (Fsp3) is 0.158. The maximum atomic E-state index is 13.3. The first-order chi connectivity index (χ1) is 11.0. The van der Waals surface area contributed by atoms with Gasteiger partial charge in [0.2, 0.25) is 9.84 Å². The quantitative estimate of drug-likeness (QED) is 0.692. The highest BCUT2D eigenvalue weighted by atomic mass is 32.2. The van der Waals surface area contributed by atoms with Crippen molar-refractivity contribution in [2.75, 3.05) is 0 Å². The summed E-state index contributed by atoms with van der Waals surface area (Å²) in [7, 11) is -3.72. The van der Waals surface area contributed by atoms with Gasteiger partial charge in [0.15, 0.2) is 0 Å². The smallest absolute Gasteiger partial charge is 0.206 e. The molecule has 2 nitrogen and oxygen atoms in total. The highest BCUT2D eigenvalue weighted by Gasteiger charge is 2.18. The third-order valence-electron chi connectivity index (χ3n) is 3.88. The number of benzene rings is 3. The Kier molecular flexibility index (Phi) is 4.18. The molecular weight excluding hydrogens is 311 g/mol. The van der Waals surface area contributed by atoms with E-state index in [4.69, 9.17) is 0 Å². The van der Waals surface area contributed by atoms with Crippen molar-refractivity contribution in [3.8, 4) is 0 Å². The summed E-state index contributed by atoms with van der Waals surface area (Å²) in [6.45, 7) is 2.11. The van der Waals surface area contributed by atoms with Crippen molar-refractivity contribution in [1.82, 2.24) is 0 Å². The molecule has 4 heteroatoms. The lowest BCUT2D eigenvalue weighted by molar-refractivity contribution is 0.591. The second-order valence-corrected chi connectivity index (χ2v) is 7.46. The van der Waals surface area contributed by atoms with Crippen molar-refractivity contribution in [2.24, 2.45) is 0 Å². The normalized spacial score (nSPS) is 11.7. The van der Waals surface area contributed by atoms with Crippen LogP contribution >= 0.6 is 0 Å². The van der Waals surface area contributed by atoms with Crippen molar-refractivity contribution in [2.45, 2.75) is 29.6 Å². The summed E-state index contributed by atoms with van der Waals surface area (Å²) in [5.41, 5.74) is 1.21. The first-order valence-electron chi connectivity index (χ1n) is 7.54. The van der Waals surface area contributed by atoms with Crippen LogP contribution in [0.3, 0.4) is 0 Å². The van der Waals surface area contributed by atoms with Crippen molar-refractivity contribution in [1.29, 1.82) is 0 Å². The van der Waals surface area contributed by atoms with E-state index >= 15 is 0 Å². The van der Waals surface area contributed by atoms with Gasteiger partial charge in [0.25, 0.3) is 0 Å². The highest BCUT2D eigenvalue weighted by Crippen LogP contribution is 2.27. The number of halogens is 1. The van der Waals surface area contributed by atoms with Crippen molar-refractivity contribution < 1.29 is 12.8 Å². The lowest BCUT2D eigenvalue weighted by Gasteiger charge is -2.09. The SMILES string of the molecule is CCCc1cccc2cc(S(=O)(=O)c3cccc(F)c3)ccc12. The van der Waals surface area contributed by atoms with E-state index in [1.165, 1.54) is 23.8 Å². The second-order valence-electron chi connectivity index (χ2n) is 5.51. The predicted molar refractivity (Wildman–Crippen MR) is 89.8 cm³/mol. The molecule has 0 saturated heterocycles. The fourth-order valence-electron chi connectivity index (χ4n) is 2.75. The van der Waals surface area contributed by atoms with E-state index in [1.54, 1.807) is 12.1 Å². The monoisotopic (exact) mass is 328 g/mol. The molecule has 0 amide bonds. The minimum atomic E-state index is -3.72. The van der Waals surface area contributed by atoms with E-state index in [1.807, 2.05) is 18.2 Å². The van der Waals surface area contributed by atoms with Crippen LogP contribution in [0.4, 0.5) is 4.39 Å². The van der Waals surface area contributed by atoms with E-state index < -0.39 is 15.7 Å². The molecule has 3 aromatic carbocycles. The van der Waals surface area contributed by atoms with Gasteiger partial charge in [-0.2, -0.15) is 0 Å². The van der Waals surface area contributed by atoms with Gasteiger partial charge in [0.05, 0.1) is 9.79 Å². The second kappa shape index (κ2) is 6.13. The van der Waals surface area contributed by atoms with Crippen LogP contribution in [0.15, 0.2) is 70.5 Å². The molecule has 0 spiro atoms. The van der Waals surface area contributed by atoms with E-state index in [0.29, 0.717) is 0 Å². The zero-order valence-electron chi connectivity index (χ0n) is 12.8. The van der Waals surface area contributed by atoms with E-state index in [-0.39, 0.29) is 9.79 Å². The third-order valence-corrected chi connectivity index (χ3v) is 5.63. The first-order valence-corrected chi connectivity index (χ1v) is 9.03.